The van der Waals surface area contributed by atoms with Crippen LogP contribution in [0.1, 0.15) is 144 Å². The standard InChI is InChI=1S/C54H58O/c1-2-3-4-5-6-7-8-9-10-29-53(55)54-51-27-15-25-49(39-51)37-47-23-13-21-45(35-47)33-43-19-11-17-41(31-43)30-42-18-12-20-44(32-42)34-46-22-14-24-48(36-46)38-50-26-16-28-52(54)40-50/h11-28,31-32,35-36,39-40,54H,2-10,29-30,33-34,37-38H2,1H3. The normalized spacial score (nSPS) is 13.2. The average molecular weight is 723 g/mol. The maximum atomic E-state index is 14.4. The second-order valence-corrected chi connectivity index (χ2v) is 16.1. The number of fused-ring (bicyclic) bond motifs is 12. The van der Waals surface area contributed by atoms with Gasteiger partial charge in [-0.25, -0.2) is 0 Å². The molecule has 0 saturated carbocycles. The van der Waals surface area contributed by atoms with Gasteiger partial charge in [-0.05, 0) is 105 Å². The first-order chi connectivity index (χ1) is 27.1. The van der Waals surface area contributed by atoms with Gasteiger partial charge in [-0.15, -0.1) is 0 Å². The van der Waals surface area contributed by atoms with Crippen molar-refractivity contribution in [2.45, 2.75) is 109 Å². The molecule has 1 heteroatoms. The Hall–Kier alpha value is -5.01. The van der Waals surface area contributed by atoms with Gasteiger partial charge in [0.2, 0.25) is 0 Å². The van der Waals surface area contributed by atoms with Crippen LogP contribution >= 0.6 is 0 Å². The average Bonchev–Trinajstić information content (AvgIpc) is 3.18. The van der Waals surface area contributed by atoms with Gasteiger partial charge in [0.15, 0.2) is 0 Å². The Balaban J connectivity index is 1.19. The number of hydrogen-bond donors (Lipinski definition) is 0. The molecule has 0 amide bonds. The van der Waals surface area contributed by atoms with E-state index in [0.717, 1.165) is 56.1 Å². The van der Waals surface area contributed by atoms with Crippen molar-refractivity contribution < 1.29 is 4.79 Å². The van der Waals surface area contributed by atoms with Crippen LogP contribution in [0.5, 0.6) is 0 Å². The molecule has 55 heavy (non-hydrogen) atoms. The Morgan fingerprint density at radius 1 is 0.382 bits per heavy atom. The number of rotatable bonds is 11. The Morgan fingerprint density at radius 3 is 0.982 bits per heavy atom. The first kappa shape index (κ1) is 38.3. The van der Waals surface area contributed by atoms with Crippen LogP contribution in [0.3, 0.4) is 0 Å². The number of carbonyl (C=O) groups excluding carboxylic acids is 1. The van der Waals surface area contributed by atoms with Gasteiger partial charge in [0.1, 0.15) is 5.78 Å². The minimum atomic E-state index is -0.267. The lowest BCUT2D eigenvalue weighted by Crippen LogP contribution is -2.15. The topological polar surface area (TPSA) is 17.1 Å². The number of benzene rings is 6. The maximum absolute atomic E-state index is 14.4. The van der Waals surface area contributed by atoms with E-state index < -0.39 is 0 Å². The summed E-state index contributed by atoms with van der Waals surface area (Å²) in [5.74, 6) is 0.0730. The number of hydrogen-bond acceptors (Lipinski definition) is 1. The summed E-state index contributed by atoms with van der Waals surface area (Å²) in [4.78, 5) is 14.4. The lowest BCUT2D eigenvalue weighted by molar-refractivity contribution is -0.119. The van der Waals surface area contributed by atoms with E-state index in [9.17, 15) is 4.79 Å². The highest BCUT2D eigenvalue weighted by Crippen LogP contribution is 2.31. The fourth-order valence-corrected chi connectivity index (χ4v) is 8.66. The van der Waals surface area contributed by atoms with Gasteiger partial charge in [0.25, 0.3) is 0 Å². The van der Waals surface area contributed by atoms with Crippen LogP contribution in [0, 0.1) is 0 Å². The molecule has 0 atom stereocenters. The van der Waals surface area contributed by atoms with Crippen molar-refractivity contribution in [3.8, 4) is 0 Å². The molecule has 12 bridgehead atoms. The van der Waals surface area contributed by atoms with Gasteiger partial charge in [-0.1, -0.05) is 204 Å². The molecule has 0 N–H and O–H groups in total. The molecule has 0 heterocycles. The van der Waals surface area contributed by atoms with E-state index in [0.29, 0.717) is 12.2 Å². The van der Waals surface area contributed by atoms with Crippen molar-refractivity contribution >= 4 is 5.78 Å². The molecule has 1 aliphatic rings. The van der Waals surface area contributed by atoms with E-state index in [1.807, 2.05) is 0 Å². The fourth-order valence-electron chi connectivity index (χ4n) is 8.66. The molecular weight excluding hydrogens is 665 g/mol. The van der Waals surface area contributed by atoms with Gasteiger partial charge in [-0.3, -0.25) is 4.79 Å². The molecular formula is C54H58O. The van der Waals surface area contributed by atoms with Crippen LogP contribution in [0.2, 0.25) is 0 Å². The molecule has 7 rings (SSSR count). The van der Waals surface area contributed by atoms with Crippen molar-refractivity contribution in [2.75, 3.05) is 0 Å². The molecule has 6 aromatic carbocycles. The molecule has 1 nitrogen and oxygen atoms in total. The smallest absolute Gasteiger partial charge is 0.144 e. The van der Waals surface area contributed by atoms with Gasteiger partial charge >= 0.3 is 0 Å². The first-order valence-electron chi connectivity index (χ1n) is 21.1. The summed E-state index contributed by atoms with van der Waals surface area (Å²) in [7, 11) is 0. The lowest BCUT2D eigenvalue weighted by Gasteiger charge is -2.19. The molecule has 0 saturated heterocycles. The molecule has 0 unspecified atom stereocenters. The molecule has 0 aliphatic heterocycles. The largest absolute Gasteiger partial charge is 0.299 e. The quantitative estimate of drug-likeness (QED) is 0.122. The first-order valence-corrected chi connectivity index (χ1v) is 21.1. The minimum absolute atomic E-state index is 0.267. The third-order valence-electron chi connectivity index (χ3n) is 11.4. The predicted octanol–water partition coefficient (Wildman–Crippen LogP) is 13.6. The van der Waals surface area contributed by atoms with Gasteiger partial charge < -0.3 is 0 Å². The zero-order chi connectivity index (χ0) is 37.7. The summed E-state index contributed by atoms with van der Waals surface area (Å²) in [5.41, 5.74) is 15.4. The van der Waals surface area contributed by atoms with Crippen LogP contribution in [-0.2, 0) is 36.9 Å². The highest BCUT2D eigenvalue weighted by molar-refractivity contribution is 5.89. The third kappa shape index (κ3) is 11.3. The Labute approximate surface area is 330 Å². The van der Waals surface area contributed by atoms with Crippen molar-refractivity contribution in [2.24, 2.45) is 0 Å². The molecule has 0 fully saturated rings. The minimum Gasteiger partial charge on any atom is -0.299 e. The summed E-state index contributed by atoms with van der Waals surface area (Å²) in [6, 6.07) is 54.1. The highest BCUT2D eigenvalue weighted by Gasteiger charge is 2.23. The van der Waals surface area contributed by atoms with E-state index in [4.69, 9.17) is 0 Å². The third-order valence-corrected chi connectivity index (χ3v) is 11.4. The summed E-state index contributed by atoms with van der Waals surface area (Å²) in [6.07, 6.45) is 16.3. The second kappa shape index (κ2) is 19.5. The summed E-state index contributed by atoms with van der Waals surface area (Å²) in [5, 5.41) is 0. The Bertz CT molecular complexity index is 2020. The van der Waals surface area contributed by atoms with Crippen molar-refractivity contribution in [3.05, 3.63) is 212 Å². The zero-order valence-electron chi connectivity index (χ0n) is 32.9. The summed E-state index contributed by atoms with van der Waals surface area (Å²) in [6.45, 7) is 2.27. The lowest BCUT2D eigenvalue weighted by atomic mass is 9.83. The van der Waals surface area contributed by atoms with Gasteiger partial charge in [0.05, 0.1) is 5.92 Å². The van der Waals surface area contributed by atoms with E-state index in [-0.39, 0.29) is 5.92 Å². The molecule has 6 aromatic rings. The highest BCUT2D eigenvalue weighted by atomic mass is 16.1. The monoisotopic (exact) mass is 722 g/mol. The SMILES string of the molecule is CCCCCCCCCCCC(=O)C1c2cccc(c2)Cc2cccc(c2)Cc2cccc(c2)Cc2cccc(c2)Cc2cccc(c2)Cc2cccc1c2. The maximum Gasteiger partial charge on any atom is 0.144 e. The number of carbonyl (C=O) groups is 1. The van der Waals surface area contributed by atoms with Gasteiger partial charge in [0, 0.05) is 6.42 Å². The molecule has 1 aliphatic carbocycles. The van der Waals surface area contributed by atoms with Crippen LogP contribution in [0.25, 0.3) is 0 Å². The van der Waals surface area contributed by atoms with Crippen LogP contribution in [0.15, 0.2) is 146 Å². The van der Waals surface area contributed by atoms with Crippen LogP contribution in [0.4, 0.5) is 0 Å². The van der Waals surface area contributed by atoms with Crippen LogP contribution < -0.4 is 0 Å². The van der Waals surface area contributed by atoms with Crippen molar-refractivity contribution in [1.82, 2.24) is 0 Å². The predicted molar refractivity (Wildman–Crippen MR) is 231 cm³/mol. The zero-order valence-corrected chi connectivity index (χ0v) is 32.9. The van der Waals surface area contributed by atoms with Crippen molar-refractivity contribution in [3.63, 3.8) is 0 Å². The molecule has 280 valence electrons. The van der Waals surface area contributed by atoms with Gasteiger partial charge in [-0.2, -0.15) is 0 Å². The van der Waals surface area contributed by atoms with Crippen LogP contribution in [-0.4, -0.2) is 5.78 Å². The molecule has 0 radical (unpaired) electrons. The summed E-state index contributed by atoms with van der Waals surface area (Å²) >= 11 is 0. The van der Waals surface area contributed by atoms with E-state index in [1.165, 1.54) is 101 Å². The number of Topliss-reactive ketones (excluding diaryl/α,β-unsaturated/α-hetero) is 1. The fraction of sp³-hybridized carbons (Fsp3) is 0.315. The Kier molecular flexibility index (Phi) is 13.6. The van der Waals surface area contributed by atoms with Crippen molar-refractivity contribution in [1.29, 1.82) is 0 Å². The number of unbranched alkanes of at least 4 members (excludes halogenated alkanes) is 8. The van der Waals surface area contributed by atoms with E-state index >= 15 is 0 Å². The molecule has 0 spiro atoms. The second-order valence-electron chi connectivity index (χ2n) is 16.1. The number of ketones is 1. The van der Waals surface area contributed by atoms with E-state index in [1.54, 1.807) is 0 Å². The summed E-state index contributed by atoms with van der Waals surface area (Å²) < 4.78 is 0. The molecule has 0 aromatic heterocycles. The van der Waals surface area contributed by atoms with E-state index in [2.05, 4.69) is 153 Å². The Morgan fingerprint density at radius 2 is 0.655 bits per heavy atom.